The Morgan fingerprint density at radius 2 is 1.80 bits per heavy atom. The van der Waals surface area contributed by atoms with Gasteiger partial charge in [-0.15, -0.1) is 0 Å². The van der Waals surface area contributed by atoms with E-state index in [1.165, 1.54) is 13.8 Å². The minimum Gasteiger partial charge on any atom is -0.480 e. The normalized spacial score (nSPS) is 13.6. The number of carboxylic acid groups (broad SMARTS) is 1. The number of ether oxygens (including phenoxy) is 1. The van der Waals surface area contributed by atoms with Crippen molar-refractivity contribution in [2.24, 2.45) is 5.92 Å². The van der Waals surface area contributed by atoms with E-state index in [0.717, 1.165) is 13.2 Å². The molecular weight excluding hydrogens is 367 g/mol. The number of halogens is 3. The summed E-state index contributed by atoms with van der Waals surface area (Å²) in [5.74, 6) is -3.40. The van der Waals surface area contributed by atoms with E-state index in [9.17, 15) is 31.2 Å². The molecule has 2 N–H and O–H groups in total. The molecule has 1 aromatic carbocycles. The Hall–Kier alpha value is -2.14. The molecular formula is C14H16F3NO6S. The van der Waals surface area contributed by atoms with Crippen LogP contribution in [0.5, 0.6) is 0 Å². The van der Waals surface area contributed by atoms with Gasteiger partial charge in [-0.2, -0.15) is 17.9 Å². The highest BCUT2D eigenvalue weighted by molar-refractivity contribution is 7.89. The Kier molecular flexibility index (Phi) is 6.19. The van der Waals surface area contributed by atoms with Crippen LogP contribution in [0.25, 0.3) is 0 Å². The molecule has 25 heavy (non-hydrogen) atoms. The van der Waals surface area contributed by atoms with Crippen molar-refractivity contribution in [1.29, 1.82) is 0 Å². The molecule has 0 aromatic heterocycles. The quantitative estimate of drug-likeness (QED) is 0.726. The van der Waals surface area contributed by atoms with Crippen LogP contribution in [0.1, 0.15) is 29.8 Å². The minimum atomic E-state index is -5.01. The molecule has 0 bridgehead atoms. The van der Waals surface area contributed by atoms with Gasteiger partial charge in [-0.25, -0.2) is 13.2 Å². The van der Waals surface area contributed by atoms with Gasteiger partial charge in [-0.1, -0.05) is 13.8 Å². The van der Waals surface area contributed by atoms with Crippen molar-refractivity contribution in [2.75, 3.05) is 7.11 Å². The number of methoxy groups -OCH3 is 1. The molecule has 7 nitrogen and oxygen atoms in total. The Balaban J connectivity index is 3.43. The van der Waals surface area contributed by atoms with Crippen molar-refractivity contribution in [3.05, 3.63) is 29.3 Å². The van der Waals surface area contributed by atoms with Gasteiger partial charge >= 0.3 is 18.1 Å². The van der Waals surface area contributed by atoms with E-state index in [1.807, 2.05) is 4.72 Å². The molecule has 140 valence electrons. The van der Waals surface area contributed by atoms with E-state index < -0.39 is 56.1 Å². The lowest BCUT2D eigenvalue weighted by atomic mass is 10.1. The Morgan fingerprint density at radius 3 is 2.20 bits per heavy atom. The zero-order chi connectivity index (χ0) is 19.6. The van der Waals surface area contributed by atoms with Crippen LogP contribution in [0.2, 0.25) is 0 Å². The summed E-state index contributed by atoms with van der Waals surface area (Å²) in [7, 11) is -3.68. The van der Waals surface area contributed by atoms with Gasteiger partial charge in [0.1, 0.15) is 6.04 Å². The maximum atomic E-state index is 13.1. The molecule has 0 radical (unpaired) electrons. The largest absolute Gasteiger partial charge is 0.480 e. The summed E-state index contributed by atoms with van der Waals surface area (Å²) in [5.41, 5.74) is -2.36. The first-order valence-corrected chi connectivity index (χ1v) is 8.34. The van der Waals surface area contributed by atoms with E-state index in [-0.39, 0.29) is 6.07 Å². The third kappa shape index (κ3) is 4.92. The van der Waals surface area contributed by atoms with Gasteiger partial charge < -0.3 is 9.84 Å². The number of aliphatic carboxylic acids is 1. The van der Waals surface area contributed by atoms with Crippen LogP contribution in [0, 0.1) is 5.92 Å². The molecule has 0 amide bonds. The van der Waals surface area contributed by atoms with Gasteiger partial charge in [0.2, 0.25) is 10.0 Å². The fraction of sp³-hybridized carbons (Fsp3) is 0.429. The lowest BCUT2D eigenvalue weighted by molar-refractivity contribution is -0.140. The minimum absolute atomic E-state index is 0.258. The van der Waals surface area contributed by atoms with Crippen LogP contribution >= 0.6 is 0 Å². The van der Waals surface area contributed by atoms with Gasteiger partial charge in [0.05, 0.1) is 23.1 Å². The first-order valence-electron chi connectivity index (χ1n) is 6.86. The molecule has 0 spiro atoms. The second kappa shape index (κ2) is 7.40. The molecule has 0 heterocycles. The van der Waals surface area contributed by atoms with Crippen LogP contribution in [-0.2, 0) is 25.7 Å². The number of hydrogen-bond donors (Lipinski definition) is 2. The summed E-state index contributed by atoms with van der Waals surface area (Å²) in [6.07, 6.45) is -5.01. The van der Waals surface area contributed by atoms with Crippen molar-refractivity contribution in [2.45, 2.75) is 31.0 Å². The van der Waals surface area contributed by atoms with Gasteiger partial charge in [0, 0.05) is 0 Å². The molecule has 0 unspecified atom stereocenters. The van der Waals surface area contributed by atoms with Crippen LogP contribution in [0.3, 0.4) is 0 Å². The Morgan fingerprint density at radius 1 is 1.24 bits per heavy atom. The van der Waals surface area contributed by atoms with Crippen molar-refractivity contribution < 1.29 is 41.0 Å². The summed E-state index contributed by atoms with van der Waals surface area (Å²) in [4.78, 5) is 21.7. The summed E-state index contributed by atoms with van der Waals surface area (Å²) >= 11 is 0. The number of hydrogen-bond acceptors (Lipinski definition) is 5. The predicted octanol–water partition coefficient (Wildman–Crippen LogP) is 1.88. The van der Waals surface area contributed by atoms with E-state index in [4.69, 9.17) is 5.11 Å². The third-order valence-corrected chi connectivity index (χ3v) is 4.67. The first-order chi connectivity index (χ1) is 11.3. The van der Waals surface area contributed by atoms with Gasteiger partial charge in [0.15, 0.2) is 0 Å². The van der Waals surface area contributed by atoms with E-state index in [0.29, 0.717) is 6.07 Å². The number of carbonyl (C=O) groups is 2. The number of sulfonamides is 1. The van der Waals surface area contributed by atoms with Crippen molar-refractivity contribution in [3.8, 4) is 0 Å². The highest BCUT2D eigenvalue weighted by atomic mass is 32.2. The van der Waals surface area contributed by atoms with Crippen molar-refractivity contribution in [3.63, 3.8) is 0 Å². The van der Waals surface area contributed by atoms with Crippen LogP contribution < -0.4 is 4.72 Å². The molecule has 0 aliphatic heterocycles. The molecule has 0 aliphatic carbocycles. The van der Waals surface area contributed by atoms with Crippen LogP contribution in [0.15, 0.2) is 23.1 Å². The Labute approximate surface area is 141 Å². The monoisotopic (exact) mass is 383 g/mol. The fourth-order valence-corrected chi connectivity index (χ4v) is 3.28. The van der Waals surface area contributed by atoms with Crippen molar-refractivity contribution >= 4 is 22.0 Å². The number of nitrogens with one attached hydrogen (secondary N) is 1. The maximum absolute atomic E-state index is 13.1. The molecule has 0 saturated carbocycles. The molecule has 0 saturated heterocycles. The van der Waals surface area contributed by atoms with E-state index in [2.05, 4.69) is 4.74 Å². The summed E-state index contributed by atoms with van der Waals surface area (Å²) in [6.45, 7) is 2.87. The van der Waals surface area contributed by atoms with Crippen LogP contribution in [-0.4, -0.2) is 38.6 Å². The summed E-state index contributed by atoms with van der Waals surface area (Å²) in [5, 5.41) is 9.02. The van der Waals surface area contributed by atoms with Crippen LogP contribution in [0.4, 0.5) is 13.2 Å². The van der Waals surface area contributed by atoms with Gasteiger partial charge in [-0.05, 0) is 24.1 Å². The number of alkyl halides is 3. The summed E-state index contributed by atoms with van der Waals surface area (Å²) in [6, 6.07) is 0.158. The molecule has 0 aliphatic rings. The number of carbonyl (C=O) groups excluding carboxylic acids is 1. The highest BCUT2D eigenvalue weighted by Gasteiger charge is 2.37. The topological polar surface area (TPSA) is 110 Å². The lowest BCUT2D eigenvalue weighted by Gasteiger charge is -2.19. The second-order valence-corrected chi connectivity index (χ2v) is 7.09. The first kappa shape index (κ1) is 20.9. The fourth-order valence-electron chi connectivity index (χ4n) is 1.92. The van der Waals surface area contributed by atoms with Crippen molar-refractivity contribution in [1.82, 2.24) is 4.72 Å². The summed E-state index contributed by atoms with van der Waals surface area (Å²) < 4.78 is 69.9. The van der Waals surface area contributed by atoms with E-state index in [1.54, 1.807) is 0 Å². The average Bonchev–Trinajstić information content (AvgIpc) is 2.49. The SMILES string of the molecule is COC(=O)c1ccc(S(=O)(=O)N[C@@H](C(=O)O)C(C)C)cc1C(F)(F)F. The lowest BCUT2D eigenvalue weighted by Crippen LogP contribution is -2.44. The molecule has 1 aromatic rings. The standard InChI is InChI=1S/C14H16F3NO6S/c1-7(2)11(12(19)20)18-25(22,23)8-4-5-9(13(21)24-3)10(6-8)14(15,16)17/h4-7,11,18H,1-3H3,(H,19,20)/t11-/m1/s1. The van der Waals surface area contributed by atoms with Gasteiger partial charge in [0.25, 0.3) is 0 Å². The number of rotatable bonds is 6. The van der Waals surface area contributed by atoms with E-state index >= 15 is 0 Å². The third-order valence-electron chi connectivity index (χ3n) is 3.23. The zero-order valence-corrected chi connectivity index (χ0v) is 14.2. The zero-order valence-electron chi connectivity index (χ0n) is 13.4. The number of carboxylic acids is 1. The smallest absolute Gasteiger partial charge is 0.417 e. The molecule has 11 heteroatoms. The average molecular weight is 383 g/mol. The molecule has 1 atom stereocenters. The van der Waals surface area contributed by atoms with Gasteiger partial charge in [-0.3, -0.25) is 4.79 Å². The Bertz CT molecular complexity index is 773. The second-order valence-electron chi connectivity index (χ2n) is 5.38. The number of esters is 1. The molecule has 0 fully saturated rings. The maximum Gasteiger partial charge on any atom is 0.417 e. The highest BCUT2D eigenvalue weighted by Crippen LogP contribution is 2.34. The number of benzene rings is 1. The molecule has 1 rings (SSSR count). The predicted molar refractivity (Wildman–Crippen MR) is 79.4 cm³/mol.